The van der Waals surface area contributed by atoms with E-state index < -0.39 is 0 Å². The molecular formula is C17H18N4O2S. The van der Waals surface area contributed by atoms with Crippen molar-refractivity contribution in [1.82, 2.24) is 14.5 Å². The molecule has 24 heavy (non-hydrogen) atoms. The number of rotatable bonds is 4. The van der Waals surface area contributed by atoms with Gasteiger partial charge in [0.15, 0.2) is 0 Å². The molecule has 7 heteroatoms. The maximum atomic E-state index is 12.0. The van der Waals surface area contributed by atoms with E-state index in [4.69, 9.17) is 0 Å². The normalized spacial score (nSPS) is 10.8. The van der Waals surface area contributed by atoms with E-state index >= 15 is 0 Å². The Morgan fingerprint density at radius 2 is 2.08 bits per heavy atom. The van der Waals surface area contributed by atoms with Crippen LogP contribution in [0.1, 0.15) is 18.2 Å². The molecule has 6 nitrogen and oxygen atoms in total. The third kappa shape index (κ3) is 3.03. The standard InChI is InChI=1S/C17H18N4O2S/c1-4-21-11(3)15(24-17(21)23)13-7-8-18-16(20-13)19-12-6-5-10(2)14(22)9-12/h5-9,22H,4H2,1-3H3,(H,18,19,20). The van der Waals surface area contributed by atoms with Crippen LogP contribution in [-0.2, 0) is 6.54 Å². The van der Waals surface area contributed by atoms with E-state index in [1.165, 1.54) is 11.3 Å². The smallest absolute Gasteiger partial charge is 0.307 e. The minimum Gasteiger partial charge on any atom is -0.508 e. The van der Waals surface area contributed by atoms with Crippen molar-refractivity contribution in [2.75, 3.05) is 5.32 Å². The molecule has 2 aromatic heterocycles. The number of anilines is 2. The molecule has 3 aromatic rings. The van der Waals surface area contributed by atoms with E-state index in [2.05, 4.69) is 15.3 Å². The third-order valence-corrected chi connectivity index (χ3v) is 4.92. The van der Waals surface area contributed by atoms with Crippen LogP contribution in [0.25, 0.3) is 10.6 Å². The van der Waals surface area contributed by atoms with Crippen LogP contribution >= 0.6 is 11.3 Å². The fraction of sp³-hybridized carbons (Fsp3) is 0.235. The summed E-state index contributed by atoms with van der Waals surface area (Å²) in [4.78, 5) is 21.6. The first-order valence-electron chi connectivity index (χ1n) is 7.60. The molecule has 0 aliphatic heterocycles. The SMILES string of the molecule is CCn1c(C)c(-c2ccnc(Nc3ccc(C)c(O)c3)n2)sc1=O. The second kappa shape index (κ2) is 6.45. The molecule has 0 radical (unpaired) electrons. The first-order valence-corrected chi connectivity index (χ1v) is 8.41. The van der Waals surface area contributed by atoms with Gasteiger partial charge in [0.05, 0.1) is 10.6 Å². The summed E-state index contributed by atoms with van der Waals surface area (Å²) in [6, 6.07) is 7.08. The lowest BCUT2D eigenvalue weighted by Gasteiger charge is -2.08. The second-order valence-electron chi connectivity index (χ2n) is 5.42. The van der Waals surface area contributed by atoms with Crippen LogP contribution in [0.4, 0.5) is 11.6 Å². The highest BCUT2D eigenvalue weighted by Crippen LogP contribution is 2.27. The van der Waals surface area contributed by atoms with Gasteiger partial charge in [0.1, 0.15) is 5.75 Å². The quantitative estimate of drug-likeness (QED) is 0.759. The number of benzene rings is 1. The lowest BCUT2D eigenvalue weighted by atomic mass is 10.2. The van der Waals surface area contributed by atoms with Crippen LogP contribution in [0.15, 0.2) is 35.3 Å². The summed E-state index contributed by atoms with van der Waals surface area (Å²) < 4.78 is 1.73. The monoisotopic (exact) mass is 342 g/mol. The fourth-order valence-corrected chi connectivity index (χ4v) is 3.47. The molecule has 1 aromatic carbocycles. The van der Waals surface area contributed by atoms with Crippen LogP contribution < -0.4 is 10.2 Å². The Hall–Kier alpha value is -2.67. The lowest BCUT2D eigenvalue weighted by Crippen LogP contribution is -2.12. The number of hydrogen-bond donors (Lipinski definition) is 2. The Morgan fingerprint density at radius 3 is 2.75 bits per heavy atom. The summed E-state index contributed by atoms with van der Waals surface area (Å²) in [6.07, 6.45) is 1.65. The summed E-state index contributed by atoms with van der Waals surface area (Å²) in [6.45, 7) is 6.34. The molecule has 2 N–H and O–H groups in total. The highest BCUT2D eigenvalue weighted by molar-refractivity contribution is 7.13. The maximum absolute atomic E-state index is 12.0. The molecule has 0 bridgehead atoms. The topological polar surface area (TPSA) is 80.0 Å². The summed E-state index contributed by atoms with van der Waals surface area (Å²) in [5, 5.41) is 12.9. The summed E-state index contributed by atoms with van der Waals surface area (Å²) in [5.74, 6) is 0.629. The molecule has 0 atom stereocenters. The van der Waals surface area contributed by atoms with Crippen molar-refractivity contribution in [2.24, 2.45) is 0 Å². The van der Waals surface area contributed by atoms with Gasteiger partial charge in [0, 0.05) is 30.2 Å². The van der Waals surface area contributed by atoms with Gasteiger partial charge < -0.3 is 15.0 Å². The molecule has 0 aliphatic carbocycles. The maximum Gasteiger partial charge on any atom is 0.307 e. The predicted molar refractivity (Wildman–Crippen MR) is 96.1 cm³/mol. The highest BCUT2D eigenvalue weighted by Gasteiger charge is 2.13. The first kappa shape index (κ1) is 16.2. The number of nitrogens with one attached hydrogen (secondary N) is 1. The number of hydrogen-bond acceptors (Lipinski definition) is 6. The van der Waals surface area contributed by atoms with Gasteiger partial charge in [-0.25, -0.2) is 9.97 Å². The van der Waals surface area contributed by atoms with Gasteiger partial charge in [-0.3, -0.25) is 4.79 Å². The molecule has 124 valence electrons. The van der Waals surface area contributed by atoms with Crippen molar-refractivity contribution in [2.45, 2.75) is 27.3 Å². The lowest BCUT2D eigenvalue weighted by molar-refractivity contribution is 0.471. The molecular weight excluding hydrogens is 324 g/mol. The van der Waals surface area contributed by atoms with E-state index in [1.807, 2.05) is 32.9 Å². The highest BCUT2D eigenvalue weighted by atomic mass is 32.1. The molecule has 0 amide bonds. The van der Waals surface area contributed by atoms with Gasteiger partial charge in [-0.05, 0) is 38.5 Å². The number of aromatic nitrogens is 3. The second-order valence-corrected chi connectivity index (χ2v) is 6.38. The van der Waals surface area contributed by atoms with Crippen molar-refractivity contribution < 1.29 is 5.11 Å². The van der Waals surface area contributed by atoms with Gasteiger partial charge in [-0.1, -0.05) is 17.4 Å². The first-order chi connectivity index (χ1) is 11.5. The molecule has 0 spiro atoms. The largest absolute Gasteiger partial charge is 0.508 e. The summed E-state index contributed by atoms with van der Waals surface area (Å²) in [5.41, 5.74) is 3.11. The van der Waals surface area contributed by atoms with Crippen molar-refractivity contribution in [3.8, 4) is 16.3 Å². The minimum absolute atomic E-state index is 0.0154. The number of phenols is 1. The van der Waals surface area contributed by atoms with E-state index in [9.17, 15) is 9.90 Å². The van der Waals surface area contributed by atoms with Crippen molar-refractivity contribution in [3.63, 3.8) is 0 Å². The number of aryl methyl sites for hydroxylation is 1. The van der Waals surface area contributed by atoms with Crippen LogP contribution in [0.2, 0.25) is 0 Å². The van der Waals surface area contributed by atoms with Crippen LogP contribution in [0.3, 0.4) is 0 Å². The predicted octanol–water partition coefficient (Wildman–Crippen LogP) is 3.45. The molecule has 0 saturated heterocycles. The Morgan fingerprint density at radius 1 is 1.29 bits per heavy atom. The van der Waals surface area contributed by atoms with Gasteiger partial charge >= 0.3 is 4.87 Å². The zero-order valence-corrected chi connectivity index (χ0v) is 14.5. The Bertz CT molecular complexity index is 946. The Kier molecular flexibility index (Phi) is 4.35. The zero-order valence-electron chi connectivity index (χ0n) is 13.7. The number of nitrogens with zero attached hydrogens (tertiary/aromatic N) is 3. The molecule has 0 fully saturated rings. The molecule has 3 rings (SSSR count). The van der Waals surface area contributed by atoms with E-state index in [1.54, 1.807) is 22.9 Å². The average Bonchev–Trinajstić information content (AvgIpc) is 2.85. The van der Waals surface area contributed by atoms with E-state index in [0.29, 0.717) is 23.9 Å². The molecule has 2 heterocycles. The molecule has 0 unspecified atom stereocenters. The zero-order chi connectivity index (χ0) is 17.3. The van der Waals surface area contributed by atoms with E-state index in [-0.39, 0.29) is 10.6 Å². The van der Waals surface area contributed by atoms with Crippen molar-refractivity contribution >= 4 is 23.0 Å². The Balaban J connectivity index is 1.95. The van der Waals surface area contributed by atoms with Crippen molar-refractivity contribution in [1.29, 1.82) is 0 Å². The van der Waals surface area contributed by atoms with Crippen LogP contribution in [0.5, 0.6) is 5.75 Å². The molecule has 0 aliphatic rings. The van der Waals surface area contributed by atoms with E-state index in [0.717, 1.165) is 16.1 Å². The van der Waals surface area contributed by atoms with Gasteiger partial charge in [0.2, 0.25) is 5.95 Å². The average molecular weight is 342 g/mol. The van der Waals surface area contributed by atoms with Gasteiger partial charge in [-0.2, -0.15) is 0 Å². The molecule has 0 saturated carbocycles. The third-order valence-electron chi connectivity index (χ3n) is 3.81. The minimum atomic E-state index is 0.0154. The van der Waals surface area contributed by atoms with Crippen LogP contribution in [0, 0.1) is 13.8 Å². The Labute approximate surface area is 143 Å². The fourth-order valence-electron chi connectivity index (χ4n) is 2.44. The summed E-state index contributed by atoms with van der Waals surface area (Å²) in [7, 11) is 0. The van der Waals surface area contributed by atoms with Gasteiger partial charge in [0.25, 0.3) is 0 Å². The van der Waals surface area contributed by atoms with Crippen molar-refractivity contribution in [3.05, 3.63) is 51.4 Å². The number of aromatic hydroxyl groups is 1. The van der Waals surface area contributed by atoms with Crippen LogP contribution in [-0.4, -0.2) is 19.6 Å². The van der Waals surface area contributed by atoms with Gasteiger partial charge in [-0.15, -0.1) is 0 Å². The number of thiazole rings is 1. The summed E-state index contributed by atoms with van der Waals surface area (Å²) >= 11 is 1.19. The number of phenolic OH excluding ortho intramolecular Hbond substituents is 1.